The molecule has 0 amide bonds. The van der Waals surface area contributed by atoms with Crippen molar-refractivity contribution in [2.75, 3.05) is 7.11 Å². The first-order valence-corrected chi connectivity index (χ1v) is 4.27. The Hall–Kier alpha value is -2.37. The molecule has 0 aliphatic heterocycles. The Morgan fingerprint density at radius 1 is 1.56 bits per heavy atom. The Kier molecular flexibility index (Phi) is 3.60. The molecule has 0 aromatic heterocycles. The molecule has 16 heavy (non-hydrogen) atoms. The number of methoxy groups -OCH3 is 1. The second-order valence-corrected chi connectivity index (χ2v) is 2.88. The molecule has 0 saturated heterocycles. The highest BCUT2D eigenvalue weighted by atomic mass is 16.6. The summed E-state index contributed by atoms with van der Waals surface area (Å²) in [6, 6.07) is 3.81. The van der Waals surface area contributed by atoms with E-state index < -0.39 is 16.6 Å². The Labute approximate surface area is 90.9 Å². The van der Waals surface area contributed by atoms with Crippen molar-refractivity contribution < 1.29 is 19.6 Å². The first-order chi connectivity index (χ1) is 7.56. The largest absolute Gasteiger partial charge is 0.504 e. The van der Waals surface area contributed by atoms with E-state index >= 15 is 0 Å². The number of nitro benzene ring substituents is 1. The van der Waals surface area contributed by atoms with E-state index in [1.165, 1.54) is 31.6 Å². The van der Waals surface area contributed by atoms with Gasteiger partial charge in [-0.25, -0.2) is 4.79 Å². The van der Waals surface area contributed by atoms with Crippen LogP contribution in [0, 0.1) is 10.1 Å². The molecule has 0 aliphatic rings. The molecule has 0 bridgehead atoms. The predicted octanol–water partition coefficient (Wildman–Crippen LogP) is 1.91. The summed E-state index contributed by atoms with van der Waals surface area (Å²) < 4.78 is 4.66. The van der Waals surface area contributed by atoms with Crippen LogP contribution in [-0.4, -0.2) is 23.1 Å². The van der Waals surface area contributed by atoms with Gasteiger partial charge in [0.25, 0.3) is 5.69 Å². The molecule has 0 heterocycles. The van der Waals surface area contributed by atoms with Crippen molar-refractivity contribution in [2.45, 2.75) is 0 Å². The van der Waals surface area contributed by atoms with E-state index in [9.17, 15) is 14.9 Å². The van der Waals surface area contributed by atoms with Gasteiger partial charge in [-0.1, -0.05) is 0 Å². The zero-order chi connectivity index (χ0) is 12.1. The van der Waals surface area contributed by atoms with Crippen LogP contribution in [0.15, 0.2) is 24.5 Å². The van der Waals surface area contributed by atoms with E-state index in [1.807, 2.05) is 0 Å². The number of benzene rings is 1. The first kappa shape index (κ1) is 11.7. The monoisotopic (exact) mass is 223 g/mol. The number of carbonyl (C=O) groups is 1. The van der Waals surface area contributed by atoms with E-state index in [1.54, 1.807) is 0 Å². The van der Waals surface area contributed by atoms with Gasteiger partial charge >= 0.3 is 5.97 Å². The van der Waals surface area contributed by atoms with Crippen LogP contribution in [0.25, 0.3) is 6.08 Å². The normalized spacial score (nSPS) is 10.3. The fourth-order valence-electron chi connectivity index (χ4n) is 1.13. The summed E-state index contributed by atoms with van der Waals surface area (Å²) in [5.41, 5.74) is -0.254. The average molecular weight is 223 g/mol. The summed E-state index contributed by atoms with van der Waals surface area (Å²) in [6.45, 7) is 0. The summed E-state index contributed by atoms with van der Waals surface area (Å²) >= 11 is 0. The Balaban J connectivity index is 3.22. The average Bonchev–Trinajstić information content (AvgIpc) is 2.25. The number of carboxylic acid groups (broad SMARTS) is 1. The Bertz CT molecular complexity index is 453. The third-order valence-electron chi connectivity index (χ3n) is 1.84. The van der Waals surface area contributed by atoms with Crippen molar-refractivity contribution in [1.29, 1.82) is 0 Å². The zero-order valence-corrected chi connectivity index (χ0v) is 8.41. The van der Waals surface area contributed by atoms with Crippen LogP contribution in [0.3, 0.4) is 0 Å². The van der Waals surface area contributed by atoms with Crippen LogP contribution in [0.4, 0.5) is 5.69 Å². The van der Waals surface area contributed by atoms with Crippen molar-refractivity contribution in [3.8, 4) is 0 Å². The molecule has 84 valence electrons. The lowest BCUT2D eigenvalue weighted by atomic mass is 10.1. The highest BCUT2D eigenvalue weighted by Gasteiger charge is 2.19. The molecular formula is C10H9NO5. The highest BCUT2D eigenvalue weighted by Crippen LogP contribution is 2.20. The van der Waals surface area contributed by atoms with Crippen molar-refractivity contribution in [3.05, 3.63) is 45.7 Å². The molecule has 6 heteroatoms. The van der Waals surface area contributed by atoms with Crippen molar-refractivity contribution in [1.82, 2.24) is 0 Å². The highest BCUT2D eigenvalue weighted by molar-refractivity contribution is 5.93. The van der Waals surface area contributed by atoms with Gasteiger partial charge in [0, 0.05) is 6.07 Å². The Morgan fingerprint density at radius 2 is 2.25 bits per heavy atom. The van der Waals surface area contributed by atoms with Gasteiger partial charge in [-0.2, -0.15) is 0 Å². The summed E-state index contributed by atoms with van der Waals surface area (Å²) in [7, 11) is 1.44. The van der Waals surface area contributed by atoms with Gasteiger partial charge in [-0.3, -0.25) is 10.1 Å². The molecule has 6 nitrogen and oxygen atoms in total. The summed E-state index contributed by atoms with van der Waals surface area (Å²) in [5, 5.41) is 19.4. The molecule has 0 saturated carbocycles. The molecule has 1 rings (SSSR count). The minimum atomic E-state index is -1.33. The maximum Gasteiger partial charge on any atom is 0.342 e. The van der Waals surface area contributed by atoms with Crippen molar-refractivity contribution in [3.63, 3.8) is 0 Å². The van der Waals surface area contributed by atoms with Crippen LogP contribution in [0.2, 0.25) is 0 Å². The van der Waals surface area contributed by atoms with E-state index in [0.717, 1.165) is 6.07 Å². The van der Waals surface area contributed by atoms with Crippen LogP contribution in [0.5, 0.6) is 0 Å². The molecular weight excluding hydrogens is 214 g/mol. The van der Waals surface area contributed by atoms with Gasteiger partial charge in [-0.15, -0.1) is 0 Å². The maximum absolute atomic E-state index is 10.8. The smallest absolute Gasteiger partial charge is 0.342 e. The van der Waals surface area contributed by atoms with Crippen LogP contribution in [0.1, 0.15) is 15.9 Å². The summed E-state index contributed by atoms with van der Waals surface area (Å²) in [5.74, 6) is -1.33. The maximum atomic E-state index is 10.8. The standard InChI is InChI=1S/C10H9NO5/c1-16-5-4-7-2-3-9(11(14)15)8(6-7)10(12)13/h2-6H,1H3,(H,12,13)/b5-4+. The number of nitrogens with zero attached hydrogens (tertiary/aromatic N) is 1. The van der Waals surface area contributed by atoms with Crippen molar-refractivity contribution >= 4 is 17.7 Å². The quantitative estimate of drug-likeness (QED) is 0.478. The number of carboxylic acids is 1. The van der Waals surface area contributed by atoms with E-state index in [-0.39, 0.29) is 5.56 Å². The van der Waals surface area contributed by atoms with Crippen LogP contribution in [-0.2, 0) is 4.74 Å². The van der Waals surface area contributed by atoms with E-state index in [4.69, 9.17) is 5.11 Å². The lowest BCUT2D eigenvalue weighted by Crippen LogP contribution is -2.02. The van der Waals surface area contributed by atoms with Crippen molar-refractivity contribution in [2.24, 2.45) is 0 Å². The van der Waals surface area contributed by atoms with Crippen LogP contribution >= 0.6 is 0 Å². The van der Waals surface area contributed by atoms with Gasteiger partial charge in [-0.05, 0) is 23.8 Å². The fourth-order valence-corrected chi connectivity index (χ4v) is 1.13. The number of nitro groups is 1. The molecule has 0 aliphatic carbocycles. The topological polar surface area (TPSA) is 89.7 Å². The third-order valence-corrected chi connectivity index (χ3v) is 1.84. The number of ether oxygens (including phenoxy) is 1. The van der Waals surface area contributed by atoms with Crippen LogP contribution < -0.4 is 0 Å². The first-order valence-electron chi connectivity index (χ1n) is 4.27. The molecule has 0 radical (unpaired) electrons. The fraction of sp³-hybridized carbons (Fsp3) is 0.100. The Morgan fingerprint density at radius 3 is 2.75 bits per heavy atom. The van der Waals surface area contributed by atoms with Gasteiger partial charge in [0.2, 0.25) is 0 Å². The minimum Gasteiger partial charge on any atom is -0.504 e. The third kappa shape index (κ3) is 2.57. The van der Waals surface area contributed by atoms with Gasteiger partial charge < -0.3 is 9.84 Å². The second-order valence-electron chi connectivity index (χ2n) is 2.88. The lowest BCUT2D eigenvalue weighted by Gasteiger charge is -1.99. The number of aromatic carboxylic acids is 1. The SMILES string of the molecule is CO/C=C/c1ccc([N+](=O)[O-])c(C(=O)O)c1. The van der Waals surface area contributed by atoms with Gasteiger partial charge in [0.1, 0.15) is 5.56 Å². The number of hydrogen-bond donors (Lipinski definition) is 1. The summed E-state index contributed by atoms with van der Waals surface area (Å²) in [6.07, 6.45) is 2.86. The molecule has 0 spiro atoms. The zero-order valence-electron chi connectivity index (χ0n) is 8.41. The molecule has 0 atom stereocenters. The molecule has 1 N–H and O–H groups in total. The van der Waals surface area contributed by atoms with Gasteiger partial charge in [0.15, 0.2) is 0 Å². The molecule has 1 aromatic carbocycles. The molecule has 0 fully saturated rings. The summed E-state index contributed by atoms with van der Waals surface area (Å²) in [4.78, 5) is 20.6. The minimum absolute atomic E-state index is 0.344. The van der Waals surface area contributed by atoms with E-state index in [2.05, 4.69) is 4.74 Å². The van der Waals surface area contributed by atoms with E-state index in [0.29, 0.717) is 5.56 Å². The molecule has 1 aromatic rings. The number of hydrogen-bond acceptors (Lipinski definition) is 4. The predicted molar refractivity (Wildman–Crippen MR) is 56.1 cm³/mol. The molecule has 0 unspecified atom stereocenters. The van der Waals surface area contributed by atoms with Gasteiger partial charge in [0.05, 0.1) is 18.3 Å². The number of rotatable bonds is 4. The second kappa shape index (κ2) is 4.92. The lowest BCUT2D eigenvalue weighted by molar-refractivity contribution is -0.385.